The fourth-order valence-corrected chi connectivity index (χ4v) is 3.69. The number of esters is 3. The van der Waals surface area contributed by atoms with E-state index in [0.717, 1.165) is 5.56 Å². The van der Waals surface area contributed by atoms with E-state index in [1.807, 2.05) is 39.8 Å². The number of rotatable bonds is 6. The third-order valence-corrected chi connectivity index (χ3v) is 5.26. The van der Waals surface area contributed by atoms with Crippen LogP contribution in [-0.2, 0) is 28.6 Å². The highest BCUT2D eigenvalue weighted by atomic mass is 16.6. The number of nitrogens with zero attached hydrogens (tertiary/aromatic N) is 2. The van der Waals surface area contributed by atoms with E-state index in [-0.39, 0.29) is 25.6 Å². The van der Waals surface area contributed by atoms with Crippen LogP contribution in [0.15, 0.2) is 29.3 Å². The summed E-state index contributed by atoms with van der Waals surface area (Å²) in [6, 6.07) is 7.33. The zero-order valence-electron chi connectivity index (χ0n) is 19.4. The number of aliphatic imine (C=N–C) groups is 1. The molecule has 8 heteroatoms. The van der Waals surface area contributed by atoms with Crippen molar-refractivity contribution in [1.29, 1.82) is 0 Å². The van der Waals surface area contributed by atoms with Crippen molar-refractivity contribution in [2.24, 2.45) is 16.3 Å². The highest BCUT2D eigenvalue weighted by Gasteiger charge is 2.69. The lowest BCUT2D eigenvalue weighted by molar-refractivity contribution is -0.174. The minimum Gasteiger partial charge on any atom is -0.469 e. The van der Waals surface area contributed by atoms with E-state index in [2.05, 4.69) is 0 Å². The summed E-state index contributed by atoms with van der Waals surface area (Å²) in [4.78, 5) is 46.1. The van der Waals surface area contributed by atoms with Crippen LogP contribution in [0.1, 0.15) is 40.2 Å². The molecule has 0 amide bonds. The van der Waals surface area contributed by atoms with E-state index in [1.165, 1.54) is 7.11 Å². The second kappa shape index (κ2) is 9.49. The third kappa shape index (κ3) is 4.57. The molecule has 1 aromatic carbocycles. The van der Waals surface area contributed by atoms with Crippen LogP contribution in [0.2, 0.25) is 0 Å². The van der Waals surface area contributed by atoms with Gasteiger partial charge in [0.15, 0.2) is 0 Å². The van der Waals surface area contributed by atoms with Gasteiger partial charge in [-0.25, -0.2) is 4.99 Å². The maximum Gasteiger partial charge on any atom is 0.332 e. The number of aryl methyl sites for hydroxylation is 1. The molecule has 0 spiro atoms. The first-order valence-electron chi connectivity index (χ1n) is 10.4. The average Bonchev–Trinajstić information content (AvgIpc) is 3.05. The molecule has 8 nitrogen and oxygen atoms in total. The lowest BCUT2D eigenvalue weighted by atomic mass is 9.76. The van der Waals surface area contributed by atoms with Crippen LogP contribution in [0, 0.1) is 18.3 Å². The monoisotopic (exact) mass is 432 g/mol. The van der Waals surface area contributed by atoms with Gasteiger partial charge in [0.1, 0.15) is 11.8 Å². The smallest absolute Gasteiger partial charge is 0.332 e. The van der Waals surface area contributed by atoms with Gasteiger partial charge in [-0.15, -0.1) is 0 Å². The molecular weight excluding hydrogens is 400 g/mol. The highest BCUT2D eigenvalue weighted by molar-refractivity contribution is 6.25. The second-order valence-corrected chi connectivity index (χ2v) is 8.38. The molecule has 0 bridgehead atoms. The first-order chi connectivity index (χ1) is 14.5. The summed E-state index contributed by atoms with van der Waals surface area (Å²) in [5.74, 6) is -3.50. The fraction of sp³-hybridized carbons (Fsp3) is 0.565. The SMILES string of the molecule is CCOC(=O)C1(C(=O)OCC)C(=Nc2ccc(C)cc2)N(C(C)(C)C)CC1C(=O)OC. The Morgan fingerprint density at radius 1 is 1.06 bits per heavy atom. The van der Waals surface area contributed by atoms with Gasteiger partial charge in [-0.1, -0.05) is 17.7 Å². The number of hydrogen-bond acceptors (Lipinski definition) is 7. The van der Waals surface area contributed by atoms with Crippen LogP contribution in [0.4, 0.5) is 5.69 Å². The Labute approximate surface area is 183 Å². The van der Waals surface area contributed by atoms with Gasteiger partial charge in [-0.3, -0.25) is 14.4 Å². The van der Waals surface area contributed by atoms with Crippen LogP contribution < -0.4 is 0 Å². The molecule has 1 aliphatic rings. The minimum atomic E-state index is -2.07. The zero-order chi connectivity index (χ0) is 23.4. The Morgan fingerprint density at radius 2 is 1.58 bits per heavy atom. The maximum absolute atomic E-state index is 13.4. The zero-order valence-corrected chi connectivity index (χ0v) is 19.4. The summed E-state index contributed by atoms with van der Waals surface area (Å²) >= 11 is 0. The summed E-state index contributed by atoms with van der Waals surface area (Å²) in [7, 11) is 1.22. The molecule has 0 aromatic heterocycles. The van der Waals surface area contributed by atoms with Crippen molar-refractivity contribution < 1.29 is 28.6 Å². The molecule has 0 aliphatic carbocycles. The molecule has 1 atom stereocenters. The van der Waals surface area contributed by atoms with E-state index >= 15 is 0 Å². The molecule has 1 heterocycles. The first-order valence-corrected chi connectivity index (χ1v) is 10.4. The summed E-state index contributed by atoms with van der Waals surface area (Å²) in [6.07, 6.45) is 0. The van der Waals surface area contributed by atoms with Gasteiger partial charge >= 0.3 is 17.9 Å². The normalized spacial score (nSPS) is 19.3. The van der Waals surface area contributed by atoms with Crippen molar-refractivity contribution >= 4 is 29.4 Å². The van der Waals surface area contributed by atoms with E-state index in [1.54, 1.807) is 30.9 Å². The molecule has 0 saturated carbocycles. The molecule has 2 rings (SSSR count). The van der Waals surface area contributed by atoms with Crippen molar-refractivity contribution in [3.63, 3.8) is 0 Å². The van der Waals surface area contributed by atoms with Crippen LogP contribution in [-0.4, -0.2) is 61.1 Å². The highest BCUT2D eigenvalue weighted by Crippen LogP contribution is 2.45. The van der Waals surface area contributed by atoms with E-state index in [0.29, 0.717) is 5.69 Å². The van der Waals surface area contributed by atoms with E-state index in [4.69, 9.17) is 19.2 Å². The van der Waals surface area contributed by atoms with Crippen molar-refractivity contribution in [1.82, 2.24) is 4.90 Å². The van der Waals surface area contributed by atoms with Crippen molar-refractivity contribution in [2.75, 3.05) is 26.9 Å². The lowest BCUT2D eigenvalue weighted by Crippen LogP contribution is -2.55. The molecule has 0 radical (unpaired) electrons. The second-order valence-electron chi connectivity index (χ2n) is 8.38. The number of benzene rings is 1. The Balaban J connectivity index is 2.88. The van der Waals surface area contributed by atoms with Gasteiger partial charge in [0.25, 0.3) is 0 Å². The fourth-order valence-electron chi connectivity index (χ4n) is 3.69. The summed E-state index contributed by atoms with van der Waals surface area (Å²) in [6.45, 7) is 11.1. The van der Waals surface area contributed by atoms with Gasteiger partial charge in [-0.2, -0.15) is 0 Å². The molecule has 1 unspecified atom stereocenters. The quantitative estimate of drug-likeness (QED) is 0.387. The van der Waals surface area contributed by atoms with Gasteiger partial charge < -0.3 is 19.1 Å². The average molecular weight is 433 g/mol. The standard InChI is InChI=1S/C23H32N2O6/c1-8-30-20(27)23(21(28)31-9-2)17(18(26)29-7)14-25(22(4,5)6)19(23)24-16-12-10-15(3)11-13-16/h10-13,17H,8-9,14H2,1-7H3. The van der Waals surface area contributed by atoms with Gasteiger partial charge in [0, 0.05) is 12.1 Å². The van der Waals surface area contributed by atoms with Crippen LogP contribution in [0.5, 0.6) is 0 Å². The van der Waals surface area contributed by atoms with Gasteiger partial charge in [-0.05, 0) is 53.7 Å². The maximum atomic E-state index is 13.4. The summed E-state index contributed by atoms with van der Waals surface area (Å²) in [5.41, 5.74) is -1.05. The van der Waals surface area contributed by atoms with Crippen LogP contribution >= 0.6 is 0 Å². The topological polar surface area (TPSA) is 94.5 Å². The van der Waals surface area contributed by atoms with Gasteiger partial charge in [0.2, 0.25) is 5.41 Å². The molecular formula is C23H32N2O6. The number of carbonyl (C=O) groups excluding carboxylic acids is 3. The Bertz CT molecular complexity index is 836. The first kappa shape index (κ1) is 24.4. The van der Waals surface area contributed by atoms with Crippen molar-refractivity contribution in [3.8, 4) is 0 Å². The summed E-state index contributed by atoms with van der Waals surface area (Å²) < 4.78 is 15.6. The number of likely N-dealkylation sites (tertiary alicyclic amines) is 1. The summed E-state index contributed by atoms with van der Waals surface area (Å²) in [5, 5.41) is 0. The predicted molar refractivity (Wildman–Crippen MR) is 116 cm³/mol. The molecule has 170 valence electrons. The molecule has 1 aliphatic heterocycles. The van der Waals surface area contributed by atoms with Crippen molar-refractivity contribution in [2.45, 2.75) is 47.1 Å². The Kier molecular flexibility index (Phi) is 7.46. The molecule has 1 aromatic rings. The number of ether oxygens (including phenoxy) is 3. The Hall–Kier alpha value is -2.90. The number of methoxy groups -OCH3 is 1. The number of hydrogen-bond donors (Lipinski definition) is 0. The van der Waals surface area contributed by atoms with Gasteiger partial charge in [0.05, 0.1) is 26.0 Å². The molecule has 1 fully saturated rings. The molecule has 31 heavy (non-hydrogen) atoms. The lowest BCUT2D eigenvalue weighted by Gasteiger charge is -2.36. The largest absolute Gasteiger partial charge is 0.469 e. The van der Waals surface area contributed by atoms with Crippen molar-refractivity contribution in [3.05, 3.63) is 29.8 Å². The van der Waals surface area contributed by atoms with Crippen LogP contribution in [0.25, 0.3) is 0 Å². The van der Waals surface area contributed by atoms with Crippen LogP contribution in [0.3, 0.4) is 0 Å². The van der Waals surface area contributed by atoms with E-state index < -0.39 is 34.8 Å². The minimum absolute atomic E-state index is 0.0290. The molecule has 1 saturated heterocycles. The number of carbonyl (C=O) groups is 3. The molecule has 0 N–H and O–H groups in total. The number of amidine groups is 1. The third-order valence-electron chi connectivity index (χ3n) is 5.26. The Morgan fingerprint density at radius 3 is 2.00 bits per heavy atom. The predicted octanol–water partition coefficient (Wildman–Crippen LogP) is 3.04. The van der Waals surface area contributed by atoms with E-state index in [9.17, 15) is 14.4 Å².